The third kappa shape index (κ3) is 1.14. The average molecular weight is 212 g/mol. The summed E-state index contributed by atoms with van der Waals surface area (Å²) in [6, 6.07) is -0.274. The number of amides is 1. The number of nitrogens with zero attached hydrogens (tertiary/aromatic N) is 1. The van der Waals surface area contributed by atoms with Gasteiger partial charge in [0.25, 0.3) is 0 Å². The third-order valence-corrected chi connectivity index (χ3v) is 2.97. The van der Waals surface area contributed by atoms with Crippen molar-refractivity contribution in [3.8, 4) is 0 Å². The number of carbonyl (C=O) groups is 2. The molecule has 82 valence electrons. The van der Waals surface area contributed by atoms with Crippen LogP contribution in [-0.4, -0.2) is 39.1 Å². The normalized spacial score (nSPS) is 31.3. The largest absolute Gasteiger partial charge is 0.477 e. The molecule has 0 aromatic carbocycles. The molecule has 0 bridgehead atoms. The number of carboxylic acid groups (broad SMARTS) is 1. The van der Waals surface area contributed by atoms with E-state index in [0.717, 1.165) is 0 Å². The van der Waals surface area contributed by atoms with Crippen LogP contribution in [-0.2, 0) is 9.59 Å². The summed E-state index contributed by atoms with van der Waals surface area (Å²) >= 11 is 0. The van der Waals surface area contributed by atoms with Gasteiger partial charge < -0.3 is 15.9 Å². The zero-order valence-corrected chi connectivity index (χ0v) is 8.17. The first kappa shape index (κ1) is 9.97. The van der Waals surface area contributed by atoms with Gasteiger partial charge in [0, 0.05) is 12.1 Å². The number of aliphatic hydroxyl groups is 1. The Hall–Kier alpha value is -1.56. The van der Waals surface area contributed by atoms with Crippen molar-refractivity contribution in [1.29, 1.82) is 0 Å². The quantitative estimate of drug-likeness (QED) is 0.501. The molecule has 0 spiro atoms. The zero-order valence-electron chi connectivity index (χ0n) is 8.17. The first-order valence-corrected chi connectivity index (χ1v) is 4.68. The molecular weight excluding hydrogens is 200 g/mol. The van der Waals surface area contributed by atoms with Crippen LogP contribution in [0.5, 0.6) is 0 Å². The summed E-state index contributed by atoms with van der Waals surface area (Å²) < 4.78 is 0. The molecule has 0 aromatic heterocycles. The smallest absolute Gasteiger partial charge is 0.354 e. The van der Waals surface area contributed by atoms with Gasteiger partial charge >= 0.3 is 5.97 Å². The van der Waals surface area contributed by atoms with Crippen molar-refractivity contribution in [2.45, 2.75) is 25.5 Å². The molecule has 2 rings (SSSR count). The molecule has 2 aliphatic rings. The summed E-state index contributed by atoms with van der Waals surface area (Å²) in [5, 5.41) is 18.2. The monoisotopic (exact) mass is 212 g/mol. The Morgan fingerprint density at radius 2 is 2.27 bits per heavy atom. The molecule has 0 aromatic rings. The van der Waals surface area contributed by atoms with Crippen molar-refractivity contribution in [2.75, 3.05) is 0 Å². The van der Waals surface area contributed by atoms with E-state index in [1.165, 1.54) is 11.8 Å². The van der Waals surface area contributed by atoms with E-state index in [4.69, 9.17) is 10.8 Å². The number of carbonyl (C=O) groups excluding carboxylic acids is 1. The van der Waals surface area contributed by atoms with Gasteiger partial charge in [0.1, 0.15) is 5.70 Å². The maximum atomic E-state index is 11.6. The number of hydrogen-bond donors (Lipinski definition) is 3. The van der Waals surface area contributed by atoms with E-state index in [1.54, 1.807) is 0 Å². The molecule has 15 heavy (non-hydrogen) atoms. The van der Waals surface area contributed by atoms with Crippen LogP contribution < -0.4 is 5.73 Å². The molecule has 6 nitrogen and oxygen atoms in total. The van der Waals surface area contributed by atoms with Crippen molar-refractivity contribution >= 4 is 11.9 Å². The molecule has 2 aliphatic heterocycles. The van der Waals surface area contributed by atoms with Crippen molar-refractivity contribution in [1.82, 2.24) is 4.90 Å². The third-order valence-electron chi connectivity index (χ3n) is 2.97. The number of hydrogen-bond acceptors (Lipinski definition) is 4. The van der Waals surface area contributed by atoms with Crippen LogP contribution in [0.25, 0.3) is 0 Å². The molecule has 2 heterocycles. The zero-order chi connectivity index (χ0) is 11.3. The summed E-state index contributed by atoms with van der Waals surface area (Å²) in [4.78, 5) is 23.6. The number of rotatable bonds is 2. The number of β-lactam (4-membered cyclic amide) rings is 1. The molecule has 0 unspecified atom stereocenters. The van der Waals surface area contributed by atoms with Gasteiger partial charge in [-0.1, -0.05) is 0 Å². The maximum absolute atomic E-state index is 11.6. The lowest BCUT2D eigenvalue weighted by Crippen LogP contribution is -2.61. The number of nitrogens with two attached hydrogens (primary N) is 1. The van der Waals surface area contributed by atoms with Crippen LogP contribution in [0.2, 0.25) is 0 Å². The fourth-order valence-electron chi connectivity index (χ4n) is 2.31. The first-order valence-electron chi connectivity index (χ1n) is 4.68. The van der Waals surface area contributed by atoms with Crippen LogP contribution >= 0.6 is 0 Å². The van der Waals surface area contributed by atoms with Gasteiger partial charge in [-0.3, -0.25) is 9.69 Å². The highest BCUT2D eigenvalue weighted by atomic mass is 16.4. The van der Waals surface area contributed by atoms with Crippen LogP contribution in [0, 0.1) is 5.92 Å². The average Bonchev–Trinajstić information content (AvgIpc) is 2.38. The number of aliphatic hydroxyl groups excluding tert-OH is 1. The second-order valence-electron chi connectivity index (χ2n) is 3.93. The molecular formula is C9H12N2O4. The Balaban J connectivity index is 2.27. The van der Waals surface area contributed by atoms with E-state index < -0.39 is 18.0 Å². The second kappa shape index (κ2) is 2.96. The second-order valence-corrected chi connectivity index (χ2v) is 3.93. The van der Waals surface area contributed by atoms with Crippen molar-refractivity contribution in [3.05, 3.63) is 11.4 Å². The van der Waals surface area contributed by atoms with Crippen LogP contribution in [0.3, 0.4) is 0 Å². The molecule has 1 saturated heterocycles. The van der Waals surface area contributed by atoms with Gasteiger partial charge in [-0.2, -0.15) is 0 Å². The fraction of sp³-hybridized carbons (Fsp3) is 0.556. The van der Waals surface area contributed by atoms with Gasteiger partial charge in [-0.05, 0) is 6.92 Å². The Morgan fingerprint density at radius 1 is 1.67 bits per heavy atom. The number of aliphatic carboxylic acids is 1. The number of carboxylic acids is 1. The minimum Gasteiger partial charge on any atom is -0.477 e. The molecule has 4 N–H and O–H groups in total. The van der Waals surface area contributed by atoms with Gasteiger partial charge in [-0.15, -0.1) is 0 Å². The molecule has 3 atom stereocenters. The molecule has 0 aliphatic carbocycles. The minimum absolute atomic E-state index is 0.123. The highest BCUT2D eigenvalue weighted by Gasteiger charge is 2.56. The summed E-state index contributed by atoms with van der Waals surface area (Å²) in [7, 11) is 0. The topological polar surface area (TPSA) is 104 Å². The summed E-state index contributed by atoms with van der Waals surface area (Å²) in [6.07, 6.45) is -0.428. The fourth-order valence-corrected chi connectivity index (χ4v) is 2.31. The van der Waals surface area contributed by atoms with Crippen LogP contribution in [0.15, 0.2) is 11.4 Å². The van der Waals surface area contributed by atoms with Crippen LogP contribution in [0.4, 0.5) is 0 Å². The lowest BCUT2D eigenvalue weighted by Gasteiger charge is -2.44. The Bertz CT molecular complexity index is 374. The summed E-state index contributed by atoms with van der Waals surface area (Å²) in [5.74, 6) is -2.05. The SMILES string of the molecule is C[C@@H](O)[C@H]1C(=O)N2C(C(=O)O)=C(N)C[C@H]12. The standard InChI is InChI=1S/C9H12N2O4/c1-3(12)6-5-2-4(10)7(9(14)15)11(5)8(6)13/h3,5-6,12H,2,10H2,1H3,(H,14,15)/t3-,5-,6-/m1/s1. The van der Waals surface area contributed by atoms with E-state index in [-0.39, 0.29) is 23.3 Å². The lowest BCUT2D eigenvalue weighted by molar-refractivity contribution is -0.161. The Morgan fingerprint density at radius 3 is 2.73 bits per heavy atom. The minimum atomic E-state index is -1.19. The predicted molar refractivity (Wildman–Crippen MR) is 49.3 cm³/mol. The Kier molecular flexibility index (Phi) is 1.97. The van der Waals surface area contributed by atoms with E-state index in [9.17, 15) is 14.7 Å². The van der Waals surface area contributed by atoms with Crippen LogP contribution in [0.1, 0.15) is 13.3 Å². The number of fused-ring (bicyclic) bond motifs is 1. The molecule has 0 saturated carbocycles. The molecule has 1 amide bonds. The van der Waals surface area contributed by atoms with Gasteiger partial charge in [0.2, 0.25) is 5.91 Å². The highest BCUT2D eigenvalue weighted by molar-refractivity contribution is 5.99. The van der Waals surface area contributed by atoms with E-state index in [1.807, 2.05) is 0 Å². The summed E-state index contributed by atoms with van der Waals surface area (Å²) in [5.41, 5.74) is 5.64. The Labute approximate surface area is 86.0 Å². The van der Waals surface area contributed by atoms with E-state index in [0.29, 0.717) is 6.42 Å². The van der Waals surface area contributed by atoms with Crippen molar-refractivity contribution < 1.29 is 19.8 Å². The predicted octanol–water partition coefficient (Wildman–Crippen LogP) is -1.15. The lowest BCUT2D eigenvalue weighted by atomic mass is 9.83. The molecule has 6 heteroatoms. The molecule has 1 fully saturated rings. The van der Waals surface area contributed by atoms with Crippen molar-refractivity contribution in [3.63, 3.8) is 0 Å². The summed E-state index contributed by atoms with van der Waals surface area (Å²) in [6.45, 7) is 1.52. The molecule has 0 radical (unpaired) electrons. The van der Waals surface area contributed by atoms with E-state index >= 15 is 0 Å². The highest BCUT2D eigenvalue weighted by Crippen LogP contribution is 2.41. The first-order chi connectivity index (χ1) is 6.95. The van der Waals surface area contributed by atoms with E-state index in [2.05, 4.69) is 0 Å². The van der Waals surface area contributed by atoms with Crippen molar-refractivity contribution in [2.24, 2.45) is 11.7 Å². The van der Waals surface area contributed by atoms with Gasteiger partial charge in [0.05, 0.1) is 18.1 Å². The van der Waals surface area contributed by atoms with Gasteiger partial charge in [-0.25, -0.2) is 4.79 Å². The van der Waals surface area contributed by atoms with Gasteiger partial charge in [0.15, 0.2) is 0 Å². The maximum Gasteiger partial charge on any atom is 0.354 e.